The molecule has 1 aromatic heterocycles. The Labute approximate surface area is 164 Å². The number of piperazine rings is 2. The lowest BCUT2D eigenvalue weighted by molar-refractivity contribution is -0.129. The average Bonchev–Trinajstić information content (AvgIpc) is 2.74. The summed E-state index contributed by atoms with van der Waals surface area (Å²) in [7, 11) is 0. The molecule has 8 heteroatoms. The Balaban J connectivity index is 1.39. The van der Waals surface area contributed by atoms with Crippen LogP contribution in [0.5, 0.6) is 0 Å². The predicted octanol–water partition coefficient (Wildman–Crippen LogP) is 1.61. The van der Waals surface area contributed by atoms with E-state index in [0.29, 0.717) is 11.6 Å². The second kappa shape index (κ2) is 8.00. The van der Waals surface area contributed by atoms with Crippen LogP contribution in [0.25, 0.3) is 0 Å². The van der Waals surface area contributed by atoms with Crippen LogP contribution in [0, 0.1) is 5.82 Å². The minimum Gasteiger partial charge on any atom is -0.366 e. The maximum Gasteiger partial charge on any atom is 0.227 e. The van der Waals surface area contributed by atoms with E-state index in [1.54, 1.807) is 19.2 Å². The number of benzene rings is 1. The molecule has 28 heavy (non-hydrogen) atoms. The molecule has 2 saturated heterocycles. The van der Waals surface area contributed by atoms with Gasteiger partial charge >= 0.3 is 0 Å². The molecule has 2 fully saturated rings. The molecule has 0 N–H and O–H groups in total. The van der Waals surface area contributed by atoms with E-state index >= 15 is 0 Å². The maximum atomic E-state index is 14.0. The van der Waals surface area contributed by atoms with E-state index in [4.69, 9.17) is 4.98 Å². The molecule has 0 saturated carbocycles. The molecule has 7 nitrogen and oxygen atoms in total. The summed E-state index contributed by atoms with van der Waals surface area (Å²) in [5.41, 5.74) is 0.653. The first-order chi connectivity index (χ1) is 13.6. The second-order valence-corrected chi connectivity index (χ2v) is 7.13. The van der Waals surface area contributed by atoms with E-state index in [0.717, 1.165) is 58.2 Å². The number of rotatable bonds is 3. The van der Waals surface area contributed by atoms with Gasteiger partial charge in [0, 0.05) is 65.5 Å². The molecule has 2 aliphatic rings. The van der Waals surface area contributed by atoms with Crippen molar-refractivity contribution < 1.29 is 9.18 Å². The topological polar surface area (TPSA) is 55.8 Å². The van der Waals surface area contributed by atoms with E-state index < -0.39 is 0 Å². The molecule has 3 heterocycles. The Morgan fingerprint density at radius 1 is 0.893 bits per heavy atom. The van der Waals surface area contributed by atoms with Crippen LogP contribution in [0.2, 0.25) is 0 Å². The number of nitrogens with zero attached hydrogens (tertiary/aromatic N) is 6. The molecule has 2 aromatic rings. The molecule has 0 bridgehead atoms. The summed E-state index contributed by atoms with van der Waals surface area (Å²) < 4.78 is 14.0. The quantitative estimate of drug-likeness (QED) is 0.802. The molecule has 2 aliphatic heterocycles. The number of carbonyl (C=O) groups is 1. The Hall–Kier alpha value is -2.90. The number of hydrogen-bond acceptors (Lipinski definition) is 6. The largest absolute Gasteiger partial charge is 0.366 e. The molecule has 4 rings (SSSR count). The van der Waals surface area contributed by atoms with Crippen LogP contribution >= 0.6 is 0 Å². The van der Waals surface area contributed by atoms with Gasteiger partial charge in [-0.05, 0) is 18.2 Å². The molecule has 1 amide bonds. The summed E-state index contributed by atoms with van der Waals surface area (Å²) in [6, 6.07) is 8.82. The highest BCUT2D eigenvalue weighted by Gasteiger charge is 2.23. The fraction of sp³-hybridized carbons (Fsp3) is 0.450. The van der Waals surface area contributed by atoms with Crippen molar-refractivity contribution in [1.29, 1.82) is 0 Å². The van der Waals surface area contributed by atoms with Gasteiger partial charge in [-0.25, -0.2) is 9.37 Å². The molecule has 148 valence electrons. The van der Waals surface area contributed by atoms with Gasteiger partial charge in [-0.15, -0.1) is 0 Å². The van der Waals surface area contributed by atoms with Gasteiger partial charge in [0.25, 0.3) is 0 Å². The van der Waals surface area contributed by atoms with E-state index in [-0.39, 0.29) is 11.7 Å². The van der Waals surface area contributed by atoms with Crippen LogP contribution in [-0.2, 0) is 4.79 Å². The van der Waals surface area contributed by atoms with Crippen LogP contribution < -0.4 is 14.7 Å². The van der Waals surface area contributed by atoms with E-state index in [2.05, 4.69) is 19.7 Å². The average molecular weight is 384 g/mol. The fourth-order valence-electron chi connectivity index (χ4n) is 3.77. The fourth-order valence-corrected chi connectivity index (χ4v) is 3.77. The molecular weight excluding hydrogens is 359 g/mol. The Morgan fingerprint density at radius 2 is 1.54 bits per heavy atom. The summed E-state index contributed by atoms with van der Waals surface area (Å²) in [6.07, 6.45) is 1.79. The number of carbonyl (C=O) groups excluding carboxylic acids is 1. The molecule has 0 radical (unpaired) electrons. The van der Waals surface area contributed by atoms with Gasteiger partial charge in [-0.2, -0.15) is 4.98 Å². The highest BCUT2D eigenvalue weighted by atomic mass is 19.1. The van der Waals surface area contributed by atoms with Crippen molar-refractivity contribution in [3.05, 3.63) is 42.3 Å². The molecule has 0 aliphatic carbocycles. The van der Waals surface area contributed by atoms with Crippen molar-refractivity contribution >= 4 is 23.4 Å². The van der Waals surface area contributed by atoms with Crippen molar-refractivity contribution in [2.24, 2.45) is 0 Å². The van der Waals surface area contributed by atoms with Crippen LogP contribution in [0.1, 0.15) is 6.92 Å². The molecule has 0 spiro atoms. The van der Waals surface area contributed by atoms with Crippen molar-refractivity contribution in [2.75, 3.05) is 67.1 Å². The molecule has 0 atom stereocenters. The molecular formula is C20H25FN6O. The maximum absolute atomic E-state index is 14.0. The first-order valence-corrected chi connectivity index (χ1v) is 9.70. The third kappa shape index (κ3) is 3.85. The predicted molar refractivity (Wildman–Crippen MR) is 107 cm³/mol. The number of anilines is 3. The summed E-state index contributed by atoms with van der Waals surface area (Å²) in [5.74, 6) is 1.54. The summed E-state index contributed by atoms with van der Waals surface area (Å²) >= 11 is 0. The first kappa shape index (κ1) is 18.5. The SMILES string of the molecule is CC(=O)N1CCN(c2ccnc(N3CCN(c4ccccc4F)CC3)n2)CC1. The number of hydrogen-bond donors (Lipinski definition) is 0. The normalized spacial score (nSPS) is 17.8. The molecule has 1 aromatic carbocycles. The summed E-state index contributed by atoms with van der Waals surface area (Å²) in [5, 5.41) is 0. The third-order valence-corrected chi connectivity index (χ3v) is 5.43. The van der Waals surface area contributed by atoms with Crippen LogP contribution in [0.15, 0.2) is 36.5 Å². The first-order valence-electron chi connectivity index (χ1n) is 9.70. The Bertz CT molecular complexity index is 831. The number of halogens is 1. The van der Waals surface area contributed by atoms with Gasteiger partial charge in [0.15, 0.2) is 0 Å². The lowest BCUT2D eigenvalue weighted by Gasteiger charge is -2.37. The zero-order chi connectivity index (χ0) is 19.5. The van der Waals surface area contributed by atoms with Crippen LogP contribution in [0.3, 0.4) is 0 Å². The second-order valence-electron chi connectivity index (χ2n) is 7.13. The van der Waals surface area contributed by atoms with Gasteiger partial charge in [0.2, 0.25) is 11.9 Å². The lowest BCUT2D eigenvalue weighted by atomic mass is 10.2. The van der Waals surface area contributed by atoms with E-state index in [1.807, 2.05) is 23.1 Å². The highest BCUT2D eigenvalue weighted by molar-refractivity contribution is 5.73. The van der Waals surface area contributed by atoms with Gasteiger partial charge in [0.05, 0.1) is 5.69 Å². The Kier molecular flexibility index (Phi) is 5.27. The van der Waals surface area contributed by atoms with Crippen molar-refractivity contribution in [3.8, 4) is 0 Å². The zero-order valence-corrected chi connectivity index (χ0v) is 16.1. The lowest BCUT2D eigenvalue weighted by Crippen LogP contribution is -2.49. The van der Waals surface area contributed by atoms with Gasteiger partial charge in [0.1, 0.15) is 11.6 Å². The van der Waals surface area contributed by atoms with E-state index in [9.17, 15) is 9.18 Å². The summed E-state index contributed by atoms with van der Waals surface area (Å²) in [6.45, 7) is 7.54. The van der Waals surface area contributed by atoms with Crippen LogP contribution in [0.4, 0.5) is 21.8 Å². The van der Waals surface area contributed by atoms with Gasteiger partial charge < -0.3 is 19.6 Å². The van der Waals surface area contributed by atoms with Crippen LogP contribution in [-0.4, -0.2) is 73.1 Å². The monoisotopic (exact) mass is 384 g/mol. The number of para-hydroxylation sites is 1. The highest BCUT2D eigenvalue weighted by Crippen LogP contribution is 2.22. The zero-order valence-electron chi connectivity index (χ0n) is 16.1. The number of amides is 1. The van der Waals surface area contributed by atoms with Gasteiger partial charge in [-0.1, -0.05) is 12.1 Å². The van der Waals surface area contributed by atoms with Gasteiger partial charge in [-0.3, -0.25) is 4.79 Å². The minimum absolute atomic E-state index is 0.121. The van der Waals surface area contributed by atoms with Crippen molar-refractivity contribution in [1.82, 2.24) is 14.9 Å². The van der Waals surface area contributed by atoms with E-state index in [1.165, 1.54) is 6.07 Å². The number of aromatic nitrogens is 2. The standard InChI is InChI=1S/C20H25FN6O/c1-16(28)24-8-12-26(13-9-24)19-6-7-22-20(23-19)27-14-10-25(11-15-27)18-5-3-2-4-17(18)21/h2-7H,8-15H2,1H3. The molecule has 0 unspecified atom stereocenters. The third-order valence-electron chi connectivity index (χ3n) is 5.43. The Morgan fingerprint density at radius 3 is 2.21 bits per heavy atom. The smallest absolute Gasteiger partial charge is 0.227 e. The summed E-state index contributed by atoms with van der Waals surface area (Å²) in [4.78, 5) is 29.0. The van der Waals surface area contributed by atoms with Crippen molar-refractivity contribution in [3.63, 3.8) is 0 Å². The minimum atomic E-state index is -0.182. The van der Waals surface area contributed by atoms with Crippen molar-refractivity contribution in [2.45, 2.75) is 6.92 Å².